The Morgan fingerprint density at radius 3 is 3.10 bits per heavy atom. The van der Waals surface area contributed by atoms with Crippen molar-refractivity contribution in [1.82, 2.24) is 4.98 Å². The zero-order valence-corrected chi connectivity index (χ0v) is 11.5. The van der Waals surface area contributed by atoms with E-state index in [2.05, 4.69) is 4.98 Å². The van der Waals surface area contributed by atoms with Crippen LogP contribution in [0.3, 0.4) is 0 Å². The number of nitrogens with zero attached hydrogens (tertiary/aromatic N) is 3. The van der Waals surface area contributed by atoms with E-state index < -0.39 is 0 Å². The molecule has 0 saturated carbocycles. The molecule has 1 fully saturated rings. The van der Waals surface area contributed by atoms with Gasteiger partial charge in [-0.2, -0.15) is 0 Å². The van der Waals surface area contributed by atoms with Crippen LogP contribution in [0.1, 0.15) is 12.8 Å². The van der Waals surface area contributed by atoms with Crippen molar-refractivity contribution < 1.29 is 9.72 Å². The van der Waals surface area contributed by atoms with Gasteiger partial charge in [-0.05, 0) is 25.0 Å². The molecule has 7 heteroatoms. The zero-order valence-electron chi connectivity index (χ0n) is 10.7. The largest absolute Gasteiger partial charge is 0.365 e. The minimum absolute atomic E-state index is 0.0468. The van der Waals surface area contributed by atoms with Gasteiger partial charge in [0.15, 0.2) is 5.52 Å². The number of aldehydes is 1. The van der Waals surface area contributed by atoms with Crippen molar-refractivity contribution in [1.29, 1.82) is 0 Å². The number of hydrogen-bond acceptors (Lipinski definition) is 6. The topological polar surface area (TPSA) is 76.3 Å². The summed E-state index contributed by atoms with van der Waals surface area (Å²) in [4.78, 5) is 28.0. The fourth-order valence-electron chi connectivity index (χ4n) is 2.68. The summed E-state index contributed by atoms with van der Waals surface area (Å²) in [5.41, 5.74) is 2.67. The maximum atomic E-state index is 11.4. The molecule has 104 valence electrons. The summed E-state index contributed by atoms with van der Waals surface area (Å²) in [6.07, 6.45) is 2.67. The third-order valence-electron chi connectivity index (χ3n) is 3.63. The zero-order chi connectivity index (χ0) is 14.1. The fourth-order valence-corrected chi connectivity index (χ4v) is 3.36. The Bertz CT molecular complexity index is 670. The van der Waals surface area contributed by atoms with Crippen LogP contribution < -0.4 is 4.90 Å². The Kier molecular flexibility index (Phi) is 3.35. The monoisotopic (exact) mass is 291 g/mol. The number of nitro benzene ring substituents is 1. The molecule has 1 saturated heterocycles. The van der Waals surface area contributed by atoms with E-state index in [-0.39, 0.29) is 16.5 Å². The van der Waals surface area contributed by atoms with Crippen molar-refractivity contribution in [2.24, 2.45) is 5.92 Å². The van der Waals surface area contributed by atoms with Crippen molar-refractivity contribution in [2.75, 3.05) is 18.0 Å². The number of thiazole rings is 1. The van der Waals surface area contributed by atoms with Crippen molar-refractivity contribution in [3.05, 3.63) is 27.8 Å². The molecule has 2 aromatic rings. The Labute approximate surface area is 119 Å². The lowest BCUT2D eigenvalue weighted by atomic mass is 9.99. The van der Waals surface area contributed by atoms with Gasteiger partial charge in [-0.25, -0.2) is 4.98 Å². The third-order valence-corrected chi connectivity index (χ3v) is 4.42. The first-order valence-corrected chi connectivity index (χ1v) is 7.29. The SMILES string of the molecule is O=CC1CCCN(c2ccc3scnc3c2[N+](=O)[O-])C1. The summed E-state index contributed by atoms with van der Waals surface area (Å²) in [7, 11) is 0. The highest BCUT2D eigenvalue weighted by atomic mass is 32.1. The summed E-state index contributed by atoms with van der Waals surface area (Å²) in [5, 5.41) is 11.4. The van der Waals surface area contributed by atoms with E-state index in [0.717, 1.165) is 30.4 Å². The summed E-state index contributed by atoms with van der Waals surface area (Å²) in [5.74, 6) is -0.0468. The molecule has 2 heterocycles. The smallest absolute Gasteiger partial charge is 0.319 e. The summed E-state index contributed by atoms with van der Waals surface area (Å²) < 4.78 is 0.810. The number of rotatable bonds is 3. The van der Waals surface area contributed by atoms with Gasteiger partial charge in [0.1, 0.15) is 12.0 Å². The molecular weight excluding hydrogens is 278 g/mol. The number of carbonyl (C=O) groups is 1. The molecule has 3 rings (SSSR count). The van der Waals surface area contributed by atoms with Crippen LogP contribution in [-0.4, -0.2) is 29.3 Å². The first-order valence-electron chi connectivity index (χ1n) is 6.41. The average molecular weight is 291 g/mol. The molecule has 6 nitrogen and oxygen atoms in total. The Morgan fingerprint density at radius 2 is 2.35 bits per heavy atom. The van der Waals surface area contributed by atoms with E-state index in [0.29, 0.717) is 17.7 Å². The second-order valence-electron chi connectivity index (χ2n) is 4.87. The predicted octanol–water partition coefficient (Wildman–Crippen LogP) is 2.62. The maximum Gasteiger partial charge on any atom is 0.319 e. The molecule has 1 atom stereocenters. The van der Waals surface area contributed by atoms with Crippen LogP contribution in [0.5, 0.6) is 0 Å². The van der Waals surface area contributed by atoms with Gasteiger partial charge in [-0.15, -0.1) is 11.3 Å². The summed E-state index contributed by atoms with van der Waals surface area (Å²) in [6, 6.07) is 3.63. The number of fused-ring (bicyclic) bond motifs is 1. The quantitative estimate of drug-likeness (QED) is 0.493. The number of anilines is 1. The fraction of sp³-hybridized carbons (Fsp3) is 0.385. The Balaban J connectivity index is 2.08. The molecule has 1 aliphatic heterocycles. The molecule has 0 spiro atoms. The van der Waals surface area contributed by atoms with Crippen LogP contribution in [-0.2, 0) is 4.79 Å². The normalized spacial score (nSPS) is 19.2. The van der Waals surface area contributed by atoms with Gasteiger partial charge in [-0.1, -0.05) is 0 Å². The lowest BCUT2D eigenvalue weighted by molar-refractivity contribution is -0.382. The van der Waals surface area contributed by atoms with Crippen molar-refractivity contribution in [2.45, 2.75) is 12.8 Å². The average Bonchev–Trinajstić information content (AvgIpc) is 2.94. The molecule has 20 heavy (non-hydrogen) atoms. The highest BCUT2D eigenvalue weighted by Crippen LogP contribution is 2.37. The van der Waals surface area contributed by atoms with Gasteiger partial charge in [0.25, 0.3) is 0 Å². The number of carbonyl (C=O) groups excluding carboxylic acids is 1. The molecule has 0 aliphatic carbocycles. The number of aromatic nitrogens is 1. The highest BCUT2D eigenvalue weighted by molar-refractivity contribution is 7.16. The first kappa shape index (κ1) is 13.0. The molecular formula is C13H13N3O3S. The van der Waals surface area contributed by atoms with E-state index in [1.807, 2.05) is 11.0 Å². The van der Waals surface area contributed by atoms with Crippen LogP contribution in [0.25, 0.3) is 10.2 Å². The Morgan fingerprint density at radius 1 is 1.50 bits per heavy atom. The van der Waals surface area contributed by atoms with Gasteiger partial charge >= 0.3 is 5.69 Å². The molecule has 1 aromatic carbocycles. The molecule has 1 aliphatic rings. The minimum Gasteiger partial charge on any atom is -0.365 e. The van der Waals surface area contributed by atoms with Crippen LogP contribution in [0, 0.1) is 16.0 Å². The number of nitro groups is 1. The molecule has 0 bridgehead atoms. The van der Waals surface area contributed by atoms with Gasteiger partial charge in [0, 0.05) is 19.0 Å². The van der Waals surface area contributed by atoms with Crippen LogP contribution in [0.4, 0.5) is 11.4 Å². The number of hydrogen-bond donors (Lipinski definition) is 0. The van der Waals surface area contributed by atoms with Crippen LogP contribution in [0.15, 0.2) is 17.6 Å². The van der Waals surface area contributed by atoms with E-state index in [1.165, 1.54) is 11.3 Å². The second kappa shape index (κ2) is 5.16. The summed E-state index contributed by atoms with van der Waals surface area (Å²) in [6.45, 7) is 1.28. The maximum absolute atomic E-state index is 11.4. The molecule has 1 unspecified atom stereocenters. The molecule has 0 amide bonds. The Hall–Kier alpha value is -2.02. The number of benzene rings is 1. The van der Waals surface area contributed by atoms with Gasteiger partial charge < -0.3 is 9.69 Å². The predicted molar refractivity (Wildman–Crippen MR) is 77.3 cm³/mol. The van der Waals surface area contributed by atoms with Crippen LogP contribution >= 0.6 is 11.3 Å². The van der Waals surface area contributed by atoms with E-state index in [1.54, 1.807) is 11.6 Å². The molecule has 0 N–H and O–H groups in total. The minimum atomic E-state index is -0.373. The number of piperidine rings is 1. The summed E-state index contributed by atoms with van der Waals surface area (Å²) >= 11 is 1.39. The first-order chi connectivity index (χ1) is 9.70. The van der Waals surface area contributed by atoms with Gasteiger partial charge in [0.2, 0.25) is 0 Å². The van der Waals surface area contributed by atoms with Crippen molar-refractivity contribution in [3.8, 4) is 0 Å². The standard InChI is InChI=1S/C13H13N3O3S/c17-7-9-2-1-5-15(6-9)10-3-4-11-12(14-8-20-11)13(10)16(18)19/h3-4,7-9H,1-2,5-6H2. The second-order valence-corrected chi connectivity index (χ2v) is 5.76. The highest BCUT2D eigenvalue weighted by Gasteiger charge is 2.28. The third kappa shape index (κ3) is 2.14. The van der Waals surface area contributed by atoms with E-state index >= 15 is 0 Å². The van der Waals surface area contributed by atoms with Gasteiger partial charge in [-0.3, -0.25) is 10.1 Å². The van der Waals surface area contributed by atoms with Gasteiger partial charge in [0.05, 0.1) is 15.1 Å². The lowest BCUT2D eigenvalue weighted by Gasteiger charge is -2.31. The lowest BCUT2D eigenvalue weighted by Crippen LogP contribution is -2.36. The van der Waals surface area contributed by atoms with Crippen LogP contribution in [0.2, 0.25) is 0 Å². The van der Waals surface area contributed by atoms with E-state index in [9.17, 15) is 14.9 Å². The van der Waals surface area contributed by atoms with Crippen molar-refractivity contribution >= 4 is 39.2 Å². The van der Waals surface area contributed by atoms with Crippen molar-refractivity contribution in [3.63, 3.8) is 0 Å². The van der Waals surface area contributed by atoms with E-state index in [4.69, 9.17) is 0 Å². The molecule has 0 radical (unpaired) electrons. The molecule has 1 aromatic heterocycles.